The van der Waals surface area contributed by atoms with Crippen LogP contribution in [0.15, 0.2) is 6.07 Å². The van der Waals surface area contributed by atoms with Gasteiger partial charge >= 0.3 is 0 Å². The van der Waals surface area contributed by atoms with E-state index in [0.717, 1.165) is 17.6 Å². The Morgan fingerprint density at radius 1 is 1.64 bits per heavy atom. The number of aromatic nitrogens is 1. The number of hydrogen-bond donors (Lipinski definition) is 2. The van der Waals surface area contributed by atoms with E-state index in [-0.39, 0.29) is 0 Å². The van der Waals surface area contributed by atoms with E-state index in [1.165, 1.54) is 5.22 Å². The van der Waals surface area contributed by atoms with Crippen molar-refractivity contribution in [2.45, 2.75) is 20.3 Å². The van der Waals surface area contributed by atoms with Gasteiger partial charge in [0.05, 0.1) is 0 Å². The molecule has 0 aliphatic carbocycles. The Balaban J connectivity index is 3.36. The van der Waals surface area contributed by atoms with Crippen LogP contribution in [0.25, 0.3) is 12.2 Å². The second kappa shape index (κ2) is 3.28. The molecule has 0 fully saturated rings. The summed E-state index contributed by atoms with van der Waals surface area (Å²) >= 11 is 0. The number of nitrogens with two attached hydrogens (primary N) is 1. The molecule has 0 spiro atoms. The maximum atomic E-state index is 5.59. The van der Waals surface area contributed by atoms with Crippen LogP contribution in [-0.4, -0.2) is 4.98 Å². The fourth-order valence-corrected chi connectivity index (χ4v) is 1.14. The van der Waals surface area contributed by atoms with Gasteiger partial charge in [0.1, 0.15) is 5.82 Å². The van der Waals surface area contributed by atoms with Gasteiger partial charge in [0.25, 0.3) is 0 Å². The molecule has 2 nitrogen and oxygen atoms in total. The van der Waals surface area contributed by atoms with Crippen molar-refractivity contribution in [3.05, 3.63) is 16.6 Å². The largest absolute Gasteiger partial charge is 0.385 e. The summed E-state index contributed by atoms with van der Waals surface area (Å²) < 4.78 is 0. The Hall–Kier alpha value is -1.18. The third-order valence-corrected chi connectivity index (χ3v) is 1.61. The molecule has 0 aromatic carbocycles. The Kier molecular flexibility index (Phi) is 2.36. The molecule has 0 atom stereocenters. The highest BCUT2D eigenvalue weighted by molar-refractivity contribution is 5.37. The minimum atomic E-state index is 0.734. The van der Waals surface area contributed by atoms with Gasteiger partial charge in [-0.3, -0.25) is 0 Å². The van der Waals surface area contributed by atoms with Crippen LogP contribution in [0.4, 0.5) is 5.82 Å². The van der Waals surface area contributed by atoms with Crippen LogP contribution in [0.5, 0.6) is 0 Å². The van der Waals surface area contributed by atoms with Crippen LogP contribution < -0.4 is 16.3 Å². The lowest BCUT2D eigenvalue weighted by molar-refractivity contribution is 1.26. The van der Waals surface area contributed by atoms with E-state index >= 15 is 0 Å². The van der Waals surface area contributed by atoms with E-state index in [0.29, 0.717) is 0 Å². The van der Waals surface area contributed by atoms with Crippen molar-refractivity contribution in [1.29, 1.82) is 0 Å². The first-order valence-electron chi connectivity index (χ1n) is 3.89. The van der Waals surface area contributed by atoms with Crippen LogP contribution in [0, 0.1) is 0 Å². The maximum absolute atomic E-state index is 5.59. The van der Waals surface area contributed by atoms with E-state index in [4.69, 9.17) is 5.73 Å². The SMILES string of the molecule is C/C=c1/[nH]c(N)c/c1=C/CC. The minimum absolute atomic E-state index is 0.734. The van der Waals surface area contributed by atoms with Crippen LogP contribution in [0.2, 0.25) is 0 Å². The molecule has 60 valence electrons. The quantitative estimate of drug-likeness (QED) is 0.604. The van der Waals surface area contributed by atoms with Crippen molar-refractivity contribution in [3.8, 4) is 0 Å². The summed E-state index contributed by atoms with van der Waals surface area (Å²) in [4.78, 5) is 3.07. The first kappa shape index (κ1) is 7.92. The molecular weight excluding hydrogens is 136 g/mol. The molecule has 2 heteroatoms. The van der Waals surface area contributed by atoms with Gasteiger partial charge in [0.2, 0.25) is 0 Å². The van der Waals surface area contributed by atoms with Crippen LogP contribution >= 0.6 is 0 Å². The molecule has 1 aromatic heterocycles. The summed E-state index contributed by atoms with van der Waals surface area (Å²) in [5, 5.41) is 2.32. The second-order valence-electron chi connectivity index (χ2n) is 2.49. The van der Waals surface area contributed by atoms with Gasteiger partial charge < -0.3 is 10.7 Å². The normalized spacial score (nSPS) is 14.4. The molecule has 0 amide bonds. The maximum Gasteiger partial charge on any atom is 0.101 e. The number of rotatable bonds is 1. The van der Waals surface area contributed by atoms with Gasteiger partial charge in [-0.05, 0) is 24.6 Å². The predicted octanol–water partition coefficient (Wildman–Crippen LogP) is 0.588. The molecule has 11 heavy (non-hydrogen) atoms. The summed E-state index contributed by atoms with van der Waals surface area (Å²) in [6, 6.07) is 1.96. The third kappa shape index (κ3) is 1.64. The van der Waals surface area contributed by atoms with Crippen molar-refractivity contribution in [3.63, 3.8) is 0 Å². The smallest absolute Gasteiger partial charge is 0.101 e. The third-order valence-electron chi connectivity index (χ3n) is 1.61. The van der Waals surface area contributed by atoms with Gasteiger partial charge in [-0.15, -0.1) is 0 Å². The van der Waals surface area contributed by atoms with Crippen molar-refractivity contribution in [2.24, 2.45) is 0 Å². The van der Waals surface area contributed by atoms with Crippen molar-refractivity contribution < 1.29 is 0 Å². The topological polar surface area (TPSA) is 41.8 Å². The van der Waals surface area contributed by atoms with Crippen LogP contribution in [0.3, 0.4) is 0 Å². The second-order valence-corrected chi connectivity index (χ2v) is 2.49. The highest BCUT2D eigenvalue weighted by atomic mass is 14.8. The zero-order valence-corrected chi connectivity index (χ0v) is 7.02. The van der Waals surface area contributed by atoms with Crippen molar-refractivity contribution in [2.75, 3.05) is 5.73 Å². The zero-order valence-electron chi connectivity index (χ0n) is 7.02. The Bertz CT molecular complexity index is 333. The van der Waals surface area contributed by atoms with E-state index < -0.39 is 0 Å². The summed E-state index contributed by atoms with van der Waals surface area (Å²) in [7, 11) is 0. The van der Waals surface area contributed by atoms with E-state index in [1.807, 2.05) is 19.1 Å². The highest BCUT2D eigenvalue weighted by Crippen LogP contribution is 1.84. The molecule has 1 rings (SSSR count). The highest BCUT2D eigenvalue weighted by Gasteiger charge is 1.87. The van der Waals surface area contributed by atoms with Gasteiger partial charge in [-0.25, -0.2) is 0 Å². The summed E-state index contributed by atoms with van der Waals surface area (Å²) in [5.41, 5.74) is 5.59. The molecule has 0 aliphatic rings. The molecule has 0 saturated carbocycles. The first-order valence-corrected chi connectivity index (χ1v) is 3.89. The lowest BCUT2D eigenvalue weighted by atomic mass is 10.3. The molecule has 0 radical (unpaired) electrons. The van der Waals surface area contributed by atoms with E-state index in [9.17, 15) is 0 Å². The van der Waals surface area contributed by atoms with Crippen LogP contribution in [-0.2, 0) is 0 Å². The number of H-pyrrole nitrogens is 1. The fraction of sp³-hybridized carbons (Fsp3) is 0.333. The average molecular weight is 150 g/mol. The molecule has 0 bridgehead atoms. The number of nitrogens with one attached hydrogen (secondary N) is 1. The van der Waals surface area contributed by atoms with Crippen molar-refractivity contribution >= 4 is 18.0 Å². The number of nitrogen functional groups attached to an aromatic ring is 1. The molecule has 1 aromatic rings. The number of aromatic amines is 1. The number of anilines is 1. The van der Waals surface area contributed by atoms with E-state index in [1.54, 1.807) is 0 Å². The molecule has 0 unspecified atom stereocenters. The summed E-state index contributed by atoms with van der Waals surface area (Å²) in [6.07, 6.45) is 5.22. The standard InChI is InChI=1S/C9H14N2/c1-3-5-7-6-9(10)11-8(7)4-2/h4-6,11H,3,10H2,1-2H3/b7-5-,8-4+. The van der Waals surface area contributed by atoms with Gasteiger partial charge in [0.15, 0.2) is 0 Å². The average Bonchev–Trinajstić information content (AvgIpc) is 2.32. The number of hydrogen-bond acceptors (Lipinski definition) is 1. The predicted molar refractivity (Wildman–Crippen MR) is 49.4 cm³/mol. The van der Waals surface area contributed by atoms with E-state index in [2.05, 4.69) is 18.0 Å². The first-order chi connectivity index (χ1) is 5.27. The van der Waals surface area contributed by atoms with Crippen molar-refractivity contribution in [1.82, 2.24) is 4.98 Å². The lowest BCUT2D eigenvalue weighted by Gasteiger charge is -1.77. The molecule has 0 aliphatic heterocycles. The summed E-state index contributed by atoms with van der Waals surface area (Å²) in [5.74, 6) is 0.734. The zero-order chi connectivity index (χ0) is 8.27. The molecule has 1 heterocycles. The Morgan fingerprint density at radius 3 is 2.91 bits per heavy atom. The fourth-order valence-electron chi connectivity index (χ4n) is 1.14. The monoisotopic (exact) mass is 150 g/mol. The van der Waals surface area contributed by atoms with Crippen LogP contribution in [0.1, 0.15) is 20.3 Å². The summed E-state index contributed by atoms with van der Waals surface area (Å²) in [6.45, 7) is 4.11. The lowest BCUT2D eigenvalue weighted by Crippen LogP contribution is -2.21. The molecule has 0 saturated heterocycles. The van der Waals surface area contributed by atoms with Gasteiger partial charge in [0, 0.05) is 5.35 Å². The Morgan fingerprint density at radius 2 is 2.36 bits per heavy atom. The van der Waals surface area contributed by atoms with Gasteiger partial charge in [-0.1, -0.05) is 19.1 Å². The minimum Gasteiger partial charge on any atom is -0.385 e. The molecular formula is C9H14N2. The van der Waals surface area contributed by atoms with Gasteiger partial charge in [-0.2, -0.15) is 0 Å². The Labute approximate surface area is 66.4 Å². The molecule has 3 N–H and O–H groups in total.